The van der Waals surface area contributed by atoms with Gasteiger partial charge >= 0.3 is 0 Å². The monoisotopic (exact) mass is 336 g/mol. The highest BCUT2D eigenvalue weighted by Gasteiger charge is 2.33. The van der Waals surface area contributed by atoms with E-state index in [4.69, 9.17) is 4.42 Å². The molecule has 1 aliphatic carbocycles. The van der Waals surface area contributed by atoms with Crippen LogP contribution in [0.1, 0.15) is 42.5 Å². The van der Waals surface area contributed by atoms with Gasteiger partial charge in [-0.1, -0.05) is 6.42 Å². The topological polar surface area (TPSA) is 63.4 Å². The van der Waals surface area contributed by atoms with Crippen molar-refractivity contribution in [3.8, 4) is 0 Å². The van der Waals surface area contributed by atoms with E-state index in [0.717, 1.165) is 36.6 Å². The number of benzene rings is 1. The Hall–Kier alpha value is -1.73. The third-order valence-electron chi connectivity index (χ3n) is 4.62. The van der Waals surface area contributed by atoms with Crippen molar-refractivity contribution in [2.24, 2.45) is 0 Å². The summed E-state index contributed by atoms with van der Waals surface area (Å²) in [5, 5.41) is 0. The van der Waals surface area contributed by atoms with Gasteiger partial charge < -0.3 is 4.42 Å². The van der Waals surface area contributed by atoms with Crippen molar-refractivity contribution in [2.45, 2.75) is 43.0 Å². The average molecular weight is 336 g/mol. The van der Waals surface area contributed by atoms with E-state index in [2.05, 4.69) is 4.98 Å². The molecule has 2 heterocycles. The maximum atomic E-state index is 13.0. The summed E-state index contributed by atoms with van der Waals surface area (Å²) in [4.78, 5) is 4.61. The first-order chi connectivity index (χ1) is 11.0. The molecule has 1 fully saturated rings. The Balaban J connectivity index is 1.59. The van der Waals surface area contributed by atoms with Gasteiger partial charge in [0.15, 0.2) is 5.89 Å². The first-order valence-electron chi connectivity index (χ1n) is 7.78. The largest absolute Gasteiger partial charge is 0.445 e. The Bertz CT molecular complexity index is 826. The van der Waals surface area contributed by atoms with E-state index in [1.807, 2.05) is 0 Å². The predicted octanol–water partition coefficient (Wildman–Crippen LogP) is 2.83. The van der Waals surface area contributed by atoms with Crippen LogP contribution in [0.5, 0.6) is 0 Å². The van der Waals surface area contributed by atoms with Crippen molar-refractivity contribution in [1.29, 1.82) is 0 Å². The van der Waals surface area contributed by atoms with Crippen LogP contribution in [-0.2, 0) is 23.0 Å². The highest BCUT2D eigenvalue weighted by Crippen LogP contribution is 2.37. The summed E-state index contributed by atoms with van der Waals surface area (Å²) in [6.45, 7) is 0.567. The Kier molecular flexibility index (Phi) is 3.50. The highest BCUT2D eigenvalue weighted by molar-refractivity contribution is 7.89. The smallest absolute Gasteiger partial charge is 0.243 e. The maximum absolute atomic E-state index is 13.0. The summed E-state index contributed by atoms with van der Waals surface area (Å²) in [7, 11) is -3.64. The van der Waals surface area contributed by atoms with Crippen LogP contribution in [0.4, 0.5) is 4.39 Å². The molecular formula is C16H17FN2O3S. The van der Waals surface area contributed by atoms with Crippen LogP contribution in [0.15, 0.2) is 33.6 Å². The zero-order valence-electron chi connectivity index (χ0n) is 12.5. The van der Waals surface area contributed by atoms with Gasteiger partial charge in [-0.3, -0.25) is 0 Å². The van der Waals surface area contributed by atoms with Gasteiger partial charge in [-0.25, -0.2) is 17.8 Å². The second-order valence-corrected chi connectivity index (χ2v) is 8.03. The van der Waals surface area contributed by atoms with Gasteiger partial charge in [0, 0.05) is 18.9 Å². The summed E-state index contributed by atoms with van der Waals surface area (Å²) in [5.74, 6) is 1.49. The third-order valence-corrected chi connectivity index (χ3v) is 6.47. The normalized spacial score (nSPS) is 19.3. The minimum atomic E-state index is -3.64. The summed E-state index contributed by atoms with van der Waals surface area (Å²) in [6.07, 6.45) is 3.91. The van der Waals surface area contributed by atoms with E-state index >= 15 is 0 Å². The molecule has 0 N–H and O–H groups in total. The molecule has 122 valence electrons. The van der Waals surface area contributed by atoms with E-state index in [1.165, 1.54) is 22.9 Å². The minimum Gasteiger partial charge on any atom is -0.445 e. The van der Waals surface area contributed by atoms with Crippen molar-refractivity contribution in [1.82, 2.24) is 9.29 Å². The van der Waals surface area contributed by atoms with Crippen molar-refractivity contribution in [3.05, 3.63) is 47.4 Å². The molecule has 0 amide bonds. The maximum Gasteiger partial charge on any atom is 0.243 e. The third kappa shape index (κ3) is 2.57. The number of oxazole rings is 1. The van der Waals surface area contributed by atoms with Crippen molar-refractivity contribution in [3.63, 3.8) is 0 Å². The molecule has 1 aromatic heterocycles. The predicted molar refractivity (Wildman–Crippen MR) is 80.8 cm³/mol. The van der Waals surface area contributed by atoms with Gasteiger partial charge in [0.05, 0.1) is 17.1 Å². The second kappa shape index (κ2) is 5.42. The molecule has 0 unspecified atom stereocenters. The SMILES string of the molecule is O=S(=O)(c1ccc(F)cc1)N1CCc2oc(C3CCC3)nc2C1. The average Bonchev–Trinajstić information content (AvgIpc) is 2.88. The van der Waals surface area contributed by atoms with E-state index in [0.29, 0.717) is 24.6 Å². The fraction of sp³-hybridized carbons (Fsp3) is 0.438. The number of halogens is 1. The van der Waals surface area contributed by atoms with Gasteiger partial charge in [0.25, 0.3) is 0 Å². The molecule has 1 saturated carbocycles. The van der Waals surface area contributed by atoms with E-state index in [-0.39, 0.29) is 11.4 Å². The number of nitrogens with zero attached hydrogens (tertiary/aromatic N) is 2. The molecule has 0 spiro atoms. The molecule has 1 aliphatic heterocycles. The highest BCUT2D eigenvalue weighted by atomic mass is 32.2. The molecular weight excluding hydrogens is 319 g/mol. The first-order valence-corrected chi connectivity index (χ1v) is 9.22. The molecule has 2 aliphatic rings. The molecule has 0 atom stereocenters. The van der Waals surface area contributed by atoms with Crippen molar-refractivity contribution in [2.75, 3.05) is 6.54 Å². The number of hydrogen-bond donors (Lipinski definition) is 0. The fourth-order valence-electron chi connectivity index (χ4n) is 2.99. The van der Waals surface area contributed by atoms with Gasteiger partial charge in [0.2, 0.25) is 10.0 Å². The van der Waals surface area contributed by atoms with E-state index < -0.39 is 15.8 Å². The van der Waals surface area contributed by atoms with Crippen LogP contribution >= 0.6 is 0 Å². The molecule has 0 bridgehead atoms. The molecule has 0 radical (unpaired) electrons. The lowest BCUT2D eigenvalue weighted by molar-refractivity contribution is 0.314. The van der Waals surface area contributed by atoms with Gasteiger partial charge in [0.1, 0.15) is 11.6 Å². The van der Waals surface area contributed by atoms with Crippen LogP contribution in [0.25, 0.3) is 0 Å². The number of aromatic nitrogens is 1. The zero-order valence-corrected chi connectivity index (χ0v) is 13.4. The minimum absolute atomic E-state index is 0.102. The Morgan fingerprint density at radius 2 is 1.96 bits per heavy atom. The quantitative estimate of drug-likeness (QED) is 0.864. The van der Waals surface area contributed by atoms with Gasteiger partial charge in [-0.05, 0) is 37.1 Å². The van der Waals surface area contributed by atoms with Gasteiger partial charge in [-0.15, -0.1) is 0 Å². The van der Waals surface area contributed by atoms with E-state index in [1.54, 1.807) is 0 Å². The van der Waals surface area contributed by atoms with Crippen LogP contribution in [-0.4, -0.2) is 24.3 Å². The lowest BCUT2D eigenvalue weighted by Gasteiger charge is -2.24. The molecule has 7 heteroatoms. The zero-order chi connectivity index (χ0) is 16.0. The summed E-state index contributed by atoms with van der Waals surface area (Å²) in [6, 6.07) is 4.91. The molecule has 0 saturated heterocycles. The Labute approximate surface area is 134 Å². The van der Waals surface area contributed by atoms with E-state index in [9.17, 15) is 12.8 Å². The second-order valence-electron chi connectivity index (χ2n) is 6.09. The molecule has 23 heavy (non-hydrogen) atoms. The van der Waals surface area contributed by atoms with Crippen LogP contribution in [0, 0.1) is 5.82 Å². The van der Waals surface area contributed by atoms with Crippen LogP contribution in [0.2, 0.25) is 0 Å². The standard InChI is InChI=1S/C16H17FN2O3S/c17-12-4-6-13(7-5-12)23(20,21)19-9-8-15-14(10-19)18-16(22-15)11-2-1-3-11/h4-7,11H,1-3,8-10H2. The van der Waals surface area contributed by atoms with Crippen molar-refractivity contribution >= 4 is 10.0 Å². The molecule has 4 rings (SSSR count). The molecule has 5 nitrogen and oxygen atoms in total. The number of sulfonamides is 1. The summed E-state index contributed by atoms with van der Waals surface area (Å²) < 4.78 is 45.5. The first kappa shape index (κ1) is 14.8. The number of hydrogen-bond acceptors (Lipinski definition) is 4. The lowest BCUT2D eigenvalue weighted by atomic mass is 9.85. The molecule has 2 aromatic rings. The van der Waals surface area contributed by atoms with Gasteiger partial charge in [-0.2, -0.15) is 4.31 Å². The summed E-state index contributed by atoms with van der Waals surface area (Å²) in [5.41, 5.74) is 0.712. The summed E-state index contributed by atoms with van der Waals surface area (Å²) >= 11 is 0. The Morgan fingerprint density at radius 1 is 1.22 bits per heavy atom. The van der Waals surface area contributed by atoms with Crippen LogP contribution < -0.4 is 0 Å². The van der Waals surface area contributed by atoms with Crippen LogP contribution in [0.3, 0.4) is 0 Å². The number of fused-ring (bicyclic) bond motifs is 1. The Morgan fingerprint density at radius 3 is 2.61 bits per heavy atom. The molecule has 1 aromatic carbocycles. The van der Waals surface area contributed by atoms with Crippen molar-refractivity contribution < 1.29 is 17.2 Å². The number of rotatable bonds is 3. The fourth-order valence-corrected chi connectivity index (χ4v) is 4.39. The lowest BCUT2D eigenvalue weighted by Crippen LogP contribution is -2.35.